The Balaban J connectivity index is 1.97. The molecule has 0 atom stereocenters. The summed E-state index contributed by atoms with van der Waals surface area (Å²) >= 11 is 6.21. The maximum absolute atomic E-state index is 11.0. The van der Waals surface area contributed by atoms with Gasteiger partial charge in [-0.25, -0.2) is 0 Å². The Morgan fingerprint density at radius 3 is 2.68 bits per heavy atom. The quantitative estimate of drug-likeness (QED) is 0.751. The summed E-state index contributed by atoms with van der Waals surface area (Å²) in [4.78, 5) is 11.0. The molecular weight excluding hydrogens is 306 g/mol. The highest BCUT2D eigenvalue weighted by Gasteiger charge is 2.26. The number of nitrogens with one attached hydrogen (secondary N) is 1. The van der Waals surface area contributed by atoms with Crippen LogP contribution < -0.4 is 10.1 Å². The number of carboxylic acids is 1. The molecule has 1 aliphatic carbocycles. The van der Waals surface area contributed by atoms with Crippen LogP contribution in [0.2, 0.25) is 5.02 Å². The van der Waals surface area contributed by atoms with Gasteiger partial charge in [0.15, 0.2) is 5.75 Å². The molecule has 0 bridgehead atoms. The van der Waals surface area contributed by atoms with E-state index in [4.69, 9.17) is 26.2 Å². The van der Waals surface area contributed by atoms with Crippen molar-refractivity contribution in [1.29, 1.82) is 0 Å². The van der Waals surface area contributed by atoms with E-state index in [0.29, 0.717) is 36.8 Å². The van der Waals surface area contributed by atoms with Gasteiger partial charge in [0, 0.05) is 13.2 Å². The van der Waals surface area contributed by atoms with Gasteiger partial charge in [-0.2, -0.15) is 0 Å². The van der Waals surface area contributed by atoms with E-state index in [1.54, 1.807) is 13.2 Å². The summed E-state index contributed by atoms with van der Waals surface area (Å²) in [5.74, 6) is -0.277. The fourth-order valence-electron chi connectivity index (χ4n) is 2.70. The number of hydrogen-bond donors (Lipinski definition) is 2. The molecule has 122 valence electrons. The first-order valence-electron chi connectivity index (χ1n) is 7.51. The van der Waals surface area contributed by atoms with Gasteiger partial charge in [-0.3, -0.25) is 4.79 Å². The third-order valence-electron chi connectivity index (χ3n) is 3.94. The van der Waals surface area contributed by atoms with Crippen LogP contribution in [0.3, 0.4) is 0 Å². The molecule has 0 unspecified atom stereocenters. The molecule has 1 saturated carbocycles. The number of anilines is 1. The van der Waals surface area contributed by atoms with Crippen LogP contribution in [0.5, 0.6) is 5.75 Å². The van der Waals surface area contributed by atoms with Gasteiger partial charge in [-0.05, 0) is 37.8 Å². The minimum absolute atomic E-state index is 0.213. The lowest BCUT2D eigenvalue weighted by Crippen LogP contribution is -2.29. The van der Waals surface area contributed by atoms with Crippen molar-refractivity contribution < 1.29 is 19.4 Å². The van der Waals surface area contributed by atoms with Crippen molar-refractivity contribution in [1.82, 2.24) is 0 Å². The number of rotatable bonds is 7. The van der Waals surface area contributed by atoms with E-state index >= 15 is 0 Å². The van der Waals surface area contributed by atoms with Crippen molar-refractivity contribution in [3.05, 3.63) is 23.2 Å². The van der Waals surface area contributed by atoms with E-state index < -0.39 is 5.97 Å². The molecule has 1 aliphatic rings. The zero-order chi connectivity index (χ0) is 15.9. The van der Waals surface area contributed by atoms with Crippen LogP contribution >= 0.6 is 11.6 Å². The first-order chi connectivity index (χ1) is 10.6. The van der Waals surface area contributed by atoms with Crippen molar-refractivity contribution in [2.45, 2.75) is 31.7 Å². The van der Waals surface area contributed by atoms with Gasteiger partial charge in [-0.1, -0.05) is 17.7 Å². The van der Waals surface area contributed by atoms with Crippen molar-refractivity contribution in [3.8, 4) is 5.75 Å². The Bertz CT molecular complexity index is 501. The molecule has 1 aromatic rings. The Hall–Kier alpha value is -1.46. The van der Waals surface area contributed by atoms with Gasteiger partial charge in [0.1, 0.15) is 6.61 Å². The molecule has 1 fully saturated rings. The monoisotopic (exact) mass is 327 g/mol. The zero-order valence-corrected chi connectivity index (χ0v) is 13.4. The highest BCUT2D eigenvalue weighted by molar-refractivity contribution is 6.32. The van der Waals surface area contributed by atoms with Crippen LogP contribution in [-0.4, -0.2) is 37.4 Å². The van der Waals surface area contributed by atoms with Gasteiger partial charge in [-0.15, -0.1) is 0 Å². The Morgan fingerprint density at radius 2 is 2.05 bits per heavy atom. The maximum Gasteiger partial charge on any atom is 0.306 e. The number of para-hydroxylation sites is 1. The van der Waals surface area contributed by atoms with Crippen molar-refractivity contribution in [3.63, 3.8) is 0 Å². The van der Waals surface area contributed by atoms with Crippen LogP contribution in [0, 0.1) is 5.92 Å². The Labute approximate surface area is 135 Å². The van der Waals surface area contributed by atoms with Crippen LogP contribution in [0.25, 0.3) is 0 Å². The van der Waals surface area contributed by atoms with Crippen LogP contribution in [0.15, 0.2) is 18.2 Å². The summed E-state index contributed by atoms with van der Waals surface area (Å²) in [6.07, 6.45) is 3.07. The summed E-state index contributed by atoms with van der Waals surface area (Å²) in [5, 5.41) is 13.0. The third-order valence-corrected chi connectivity index (χ3v) is 4.23. The molecule has 6 heteroatoms. The van der Waals surface area contributed by atoms with Gasteiger partial charge in [0.05, 0.1) is 23.2 Å². The lowest BCUT2D eigenvalue weighted by atomic mass is 9.86. The smallest absolute Gasteiger partial charge is 0.306 e. The lowest BCUT2D eigenvalue weighted by molar-refractivity contribution is -0.142. The molecule has 0 radical (unpaired) electrons. The van der Waals surface area contributed by atoms with Crippen molar-refractivity contribution in [2.24, 2.45) is 5.92 Å². The molecular formula is C16H22ClNO4. The van der Waals surface area contributed by atoms with Crippen molar-refractivity contribution in [2.75, 3.05) is 25.6 Å². The minimum Gasteiger partial charge on any atom is -0.487 e. The van der Waals surface area contributed by atoms with E-state index in [1.165, 1.54) is 0 Å². The summed E-state index contributed by atoms with van der Waals surface area (Å²) in [6.45, 7) is 0.926. The number of hydrogen-bond acceptors (Lipinski definition) is 4. The van der Waals surface area contributed by atoms with Gasteiger partial charge < -0.3 is 19.9 Å². The summed E-state index contributed by atoms with van der Waals surface area (Å²) in [6, 6.07) is 5.84. The fraction of sp³-hybridized carbons (Fsp3) is 0.562. The lowest BCUT2D eigenvalue weighted by Gasteiger charge is -2.28. The Kier molecular flexibility index (Phi) is 6.34. The summed E-state index contributed by atoms with van der Waals surface area (Å²) in [7, 11) is 1.62. The number of carboxylic acid groups (broad SMARTS) is 1. The average molecular weight is 328 g/mol. The second kappa shape index (κ2) is 8.25. The molecule has 2 rings (SSSR count). The largest absolute Gasteiger partial charge is 0.487 e. The van der Waals surface area contributed by atoms with Crippen LogP contribution in [-0.2, 0) is 9.53 Å². The molecule has 1 aromatic carbocycles. The zero-order valence-electron chi connectivity index (χ0n) is 12.7. The molecule has 0 saturated heterocycles. The molecule has 0 spiro atoms. The van der Waals surface area contributed by atoms with E-state index in [0.717, 1.165) is 18.5 Å². The predicted molar refractivity (Wildman–Crippen MR) is 85.8 cm³/mol. The highest BCUT2D eigenvalue weighted by atomic mass is 35.5. The minimum atomic E-state index is -0.690. The number of ether oxygens (including phenoxy) is 2. The molecule has 0 aromatic heterocycles. The van der Waals surface area contributed by atoms with Gasteiger partial charge in [0.2, 0.25) is 0 Å². The normalized spacial score (nSPS) is 21.4. The molecule has 0 aliphatic heterocycles. The number of benzene rings is 1. The summed E-state index contributed by atoms with van der Waals surface area (Å²) in [5.41, 5.74) is 0.849. The van der Waals surface area contributed by atoms with Crippen molar-refractivity contribution >= 4 is 23.3 Å². The van der Waals surface area contributed by atoms with E-state index in [-0.39, 0.29) is 12.0 Å². The van der Waals surface area contributed by atoms with Crippen LogP contribution in [0.1, 0.15) is 25.7 Å². The van der Waals surface area contributed by atoms with Gasteiger partial charge >= 0.3 is 5.97 Å². The second-order valence-electron chi connectivity index (χ2n) is 5.49. The topological polar surface area (TPSA) is 67.8 Å². The maximum atomic E-state index is 11.0. The number of aliphatic carboxylic acids is 1. The third kappa shape index (κ3) is 4.52. The predicted octanol–water partition coefficient (Wildman–Crippen LogP) is 3.42. The van der Waals surface area contributed by atoms with Crippen LogP contribution in [0.4, 0.5) is 5.69 Å². The first-order valence-corrected chi connectivity index (χ1v) is 7.89. The SMILES string of the molecule is COCCOc1c(Cl)cccc1NC1CCC(C(=O)O)CC1. The molecule has 2 N–H and O–H groups in total. The number of methoxy groups -OCH3 is 1. The average Bonchev–Trinajstić information content (AvgIpc) is 2.50. The summed E-state index contributed by atoms with van der Waals surface area (Å²) < 4.78 is 10.7. The number of carbonyl (C=O) groups is 1. The fourth-order valence-corrected chi connectivity index (χ4v) is 2.93. The Morgan fingerprint density at radius 1 is 1.32 bits per heavy atom. The van der Waals surface area contributed by atoms with E-state index in [2.05, 4.69) is 5.32 Å². The molecule has 22 heavy (non-hydrogen) atoms. The molecule has 0 heterocycles. The van der Waals surface area contributed by atoms with E-state index in [9.17, 15) is 4.79 Å². The van der Waals surface area contributed by atoms with E-state index in [1.807, 2.05) is 12.1 Å². The molecule has 5 nitrogen and oxygen atoms in total. The number of halogens is 1. The van der Waals surface area contributed by atoms with Gasteiger partial charge in [0.25, 0.3) is 0 Å². The first kappa shape index (κ1) is 16.9. The standard InChI is InChI=1S/C16H22ClNO4/c1-21-9-10-22-15-13(17)3-2-4-14(15)18-12-7-5-11(6-8-12)16(19)20/h2-4,11-12,18H,5-10H2,1H3,(H,19,20). The molecule has 0 amide bonds. The second-order valence-corrected chi connectivity index (χ2v) is 5.90. The highest BCUT2D eigenvalue weighted by Crippen LogP contribution is 2.35.